The van der Waals surface area contributed by atoms with E-state index in [1.807, 2.05) is 6.08 Å². The number of carbonyl (C=O) groups excluding carboxylic acids is 2. The molecule has 11 nitrogen and oxygen atoms in total. The Kier molecular flexibility index (Phi) is 52.6. The van der Waals surface area contributed by atoms with Gasteiger partial charge < -0.3 is 45.1 Å². The predicted molar refractivity (Wildman–Crippen MR) is 329 cm³/mol. The van der Waals surface area contributed by atoms with E-state index in [0.717, 1.165) is 89.9 Å². The summed E-state index contributed by atoms with van der Waals surface area (Å²) in [6.45, 7) is 5.78. The first-order valence-electron chi connectivity index (χ1n) is 33.1. The summed E-state index contributed by atoms with van der Waals surface area (Å²) in [6.07, 6.45) is 59.6. The second-order valence-corrected chi connectivity index (χ2v) is 22.9. The van der Waals surface area contributed by atoms with Gasteiger partial charge in [-0.2, -0.15) is 0 Å². The fraction of sp³-hybridized carbons (Fsp3) is 0.824. The van der Waals surface area contributed by atoms with Gasteiger partial charge in [-0.3, -0.25) is 9.59 Å². The second-order valence-electron chi connectivity index (χ2n) is 22.9. The summed E-state index contributed by atoms with van der Waals surface area (Å²) in [5.41, 5.74) is 0. The zero-order valence-corrected chi connectivity index (χ0v) is 51.0. The number of rotatable bonds is 56. The van der Waals surface area contributed by atoms with Crippen molar-refractivity contribution in [3.63, 3.8) is 0 Å². The van der Waals surface area contributed by atoms with Gasteiger partial charge in [0.2, 0.25) is 5.91 Å². The molecule has 1 aliphatic heterocycles. The molecule has 0 spiro atoms. The molecule has 6 N–H and O–H groups in total. The number of hydrogen-bond acceptors (Lipinski definition) is 10. The average Bonchev–Trinajstić information content (AvgIpc) is 3.49. The molecule has 8 unspecified atom stereocenters. The Morgan fingerprint density at radius 1 is 0.494 bits per heavy atom. The van der Waals surface area contributed by atoms with Gasteiger partial charge in [0.15, 0.2) is 12.4 Å². The predicted octanol–water partition coefficient (Wildman–Crippen LogP) is 16.2. The highest BCUT2D eigenvalue weighted by Crippen LogP contribution is 2.26. The van der Waals surface area contributed by atoms with Gasteiger partial charge in [0, 0.05) is 6.42 Å². The Labute approximate surface area is 484 Å². The molecule has 0 bridgehead atoms. The molecule has 1 heterocycles. The van der Waals surface area contributed by atoms with Crippen molar-refractivity contribution in [2.45, 2.75) is 346 Å². The van der Waals surface area contributed by atoms with Gasteiger partial charge in [0.05, 0.1) is 25.4 Å². The third-order valence-electron chi connectivity index (χ3n) is 15.4. The molecule has 8 atom stereocenters. The SMILES string of the molecule is CCCCC/C=C\C/C=C\C/C=C\C/C=C\CCCCCCCC(=O)OC1C(OCC(NC(=O)C(O)CCCCCCCCCCCCCCCCCC)C(O)/C=C/CCCCCCCCCCCCC)OC(CO)C(O)C1O. The number of carbonyl (C=O) groups is 2. The fourth-order valence-corrected chi connectivity index (χ4v) is 10.2. The highest BCUT2D eigenvalue weighted by Gasteiger charge is 2.47. The average molecular weight is 1110 g/mol. The van der Waals surface area contributed by atoms with Crippen LogP contribution in [0, 0.1) is 0 Å². The molecule has 1 aliphatic rings. The smallest absolute Gasteiger partial charge is 0.306 e. The Morgan fingerprint density at radius 2 is 0.873 bits per heavy atom. The van der Waals surface area contributed by atoms with Crippen LogP contribution in [0.25, 0.3) is 0 Å². The largest absolute Gasteiger partial charge is 0.454 e. The van der Waals surface area contributed by atoms with Crippen molar-refractivity contribution in [2.24, 2.45) is 0 Å². The fourth-order valence-electron chi connectivity index (χ4n) is 10.2. The van der Waals surface area contributed by atoms with Crippen molar-refractivity contribution in [2.75, 3.05) is 13.2 Å². The molecule has 460 valence electrons. The molecule has 1 amide bonds. The first-order valence-corrected chi connectivity index (χ1v) is 33.1. The number of ether oxygens (including phenoxy) is 3. The zero-order chi connectivity index (χ0) is 57.5. The van der Waals surface area contributed by atoms with Crippen LogP contribution in [-0.2, 0) is 23.8 Å². The van der Waals surface area contributed by atoms with Crippen molar-refractivity contribution in [1.29, 1.82) is 0 Å². The Hall–Kier alpha value is -2.64. The van der Waals surface area contributed by atoms with Crippen LogP contribution in [0.3, 0.4) is 0 Å². The normalized spacial score (nSPS) is 19.2. The van der Waals surface area contributed by atoms with Crippen molar-refractivity contribution in [1.82, 2.24) is 5.32 Å². The number of unbranched alkanes of at least 4 members (excludes halogenated alkanes) is 34. The second kappa shape index (κ2) is 55.9. The van der Waals surface area contributed by atoms with Crippen molar-refractivity contribution < 1.29 is 49.3 Å². The quantitative estimate of drug-likeness (QED) is 0.0195. The van der Waals surface area contributed by atoms with Gasteiger partial charge in [-0.05, 0) is 70.6 Å². The van der Waals surface area contributed by atoms with Gasteiger partial charge in [-0.15, -0.1) is 0 Å². The minimum Gasteiger partial charge on any atom is -0.454 e. The monoisotopic (exact) mass is 1110 g/mol. The number of hydrogen-bond donors (Lipinski definition) is 6. The van der Waals surface area contributed by atoms with Crippen LogP contribution in [-0.4, -0.2) is 99.6 Å². The molecule has 11 heteroatoms. The molecule has 1 rings (SSSR count). The van der Waals surface area contributed by atoms with E-state index in [9.17, 15) is 35.1 Å². The number of aliphatic hydroxyl groups is 5. The van der Waals surface area contributed by atoms with Crippen molar-refractivity contribution >= 4 is 11.9 Å². The van der Waals surface area contributed by atoms with Gasteiger partial charge in [0.1, 0.15) is 24.4 Å². The van der Waals surface area contributed by atoms with E-state index in [2.05, 4.69) is 74.7 Å². The van der Waals surface area contributed by atoms with E-state index < -0.39 is 67.4 Å². The molecule has 0 aromatic rings. The molecular weight excluding hydrogens is 991 g/mol. The van der Waals surface area contributed by atoms with Crippen LogP contribution in [0.4, 0.5) is 0 Å². The maximum atomic E-state index is 13.4. The van der Waals surface area contributed by atoms with Crippen LogP contribution >= 0.6 is 0 Å². The molecule has 0 aliphatic carbocycles. The van der Waals surface area contributed by atoms with Gasteiger partial charge in [0.25, 0.3) is 0 Å². The summed E-state index contributed by atoms with van der Waals surface area (Å²) in [6, 6.07) is -1.03. The molecule has 0 aromatic carbocycles. The maximum Gasteiger partial charge on any atom is 0.306 e. The van der Waals surface area contributed by atoms with Gasteiger partial charge in [-0.25, -0.2) is 0 Å². The summed E-state index contributed by atoms with van der Waals surface area (Å²) >= 11 is 0. The summed E-state index contributed by atoms with van der Waals surface area (Å²) in [7, 11) is 0. The highest BCUT2D eigenvalue weighted by molar-refractivity contribution is 5.80. The number of nitrogens with one attached hydrogen (secondary N) is 1. The lowest BCUT2D eigenvalue weighted by atomic mass is 9.99. The number of amides is 1. The first kappa shape index (κ1) is 74.4. The first-order chi connectivity index (χ1) is 38.7. The Morgan fingerprint density at radius 3 is 1.33 bits per heavy atom. The lowest BCUT2D eigenvalue weighted by Gasteiger charge is -2.41. The van der Waals surface area contributed by atoms with Crippen LogP contribution in [0.1, 0.15) is 297 Å². The van der Waals surface area contributed by atoms with Crippen molar-refractivity contribution in [3.8, 4) is 0 Å². The molecule has 79 heavy (non-hydrogen) atoms. The van der Waals surface area contributed by atoms with Gasteiger partial charge in [-0.1, -0.05) is 281 Å². The lowest BCUT2D eigenvalue weighted by Crippen LogP contribution is -2.61. The summed E-state index contributed by atoms with van der Waals surface area (Å²) < 4.78 is 17.6. The third-order valence-corrected chi connectivity index (χ3v) is 15.4. The van der Waals surface area contributed by atoms with Crippen LogP contribution in [0.15, 0.2) is 60.8 Å². The molecule has 0 aromatic heterocycles. The Balaban J connectivity index is 2.66. The lowest BCUT2D eigenvalue weighted by molar-refractivity contribution is -0.305. The van der Waals surface area contributed by atoms with E-state index in [0.29, 0.717) is 19.3 Å². The minimum absolute atomic E-state index is 0.102. The minimum atomic E-state index is -1.62. The summed E-state index contributed by atoms with van der Waals surface area (Å²) in [5, 5.41) is 57.1. The molecule has 1 fully saturated rings. The maximum absolute atomic E-state index is 13.4. The van der Waals surface area contributed by atoms with Crippen LogP contribution in [0.2, 0.25) is 0 Å². The van der Waals surface area contributed by atoms with Crippen LogP contribution < -0.4 is 5.32 Å². The van der Waals surface area contributed by atoms with E-state index in [4.69, 9.17) is 14.2 Å². The molecular formula is C68H123NO10. The summed E-state index contributed by atoms with van der Waals surface area (Å²) in [5.74, 6) is -1.21. The Bertz CT molecular complexity index is 1510. The number of esters is 1. The highest BCUT2D eigenvalue weighted by atomic mass is 16.7. The van der Waals surface area contributed by atoms with E-state index in [1.54, 1.807) is 6.08 Å². The standard InChI is InChI=1S/C68H123NO10/c1-4-7-10-13-16-19-22-25-27-29-30-31-32-33-35-38-41-44-47-50-53-56-63(73)79-66-65(75)64(74)62(57-70)78-68(66)77-58-59(60(71)54-51-48-45-42-39-36-24-21-18-15-12-9-6-3)69-67(76)61(72)55-52-49-46-43-40-37-34-28-26-23-20-17-14-11-8-5-2/h16,19,25,27,30-31,33,35,51,54,59-62,64-66,68,70-72,74-75H,4-15,17-18,20-24,26,28-29,32,34,36-50,52-53,55-58H2,1-3H3,(H,69,76)/b19-16-,27-25-,31-30-,35-33-,54-51+. The van der Waals surface area contributed by atoms with Gasteiger partial charge >= 0.3 is 5.97 Å². The number of aliphatic hydroxyl groups excluding tert-OH is 5. The molecule has 0 radical (unpaired) electrons. The zero-order valence-electron chi connectivity index (χ0n) is 51.0. The molecule has 1 saturated heterocycles. The van der Waals surface area contributed by atoms with E-state index >= 15 is 0 Å². The third kappa shape index (κ3) is 43.7. The van der Waals surface area contributed by atoms with Crippen molar-refractivity contribution in [3.05, 3.63) is 60.8 Å². The molecule has 0 saturated carbocycles. The summed E-state index contributed by atoms with van der Waals surface area (Å²) in [4.78, 5) is 26.6. The van der Waals surface area contributed by atoms with E-state index in [-0.39, 0.29) is 13.0 Å². The number of allylic oxidation sites excluding steroid dienone is 9. The van der Waals surface area contributed by atoms with Crippen LogP contribution in [0.5, 0.6) is 0 Å². The van der Waals surface area contributed by atoms with E-state index in [1.165, 1.54) is 161 Å². The topological polar surface area (TPSA) is 175 Å².